The van der Waals surface area contributed by atoms with Crippen molar-refractivity contribution in [1.82, 2.24) is 5.32 Å². The van der Waals surface area contributed by atoms with E-state index in [1.807, 2.05) is 18.2 Å². The second kappa shape index (κ2) is 6.73. The summed E-state index contributed by atoms with van der Waals surface area (Å²) in [6.07, 6.45) is 1.04. The molecule has 0 unspecified atom stereocenters. The van der Waals surface area contributed by atoms with E-state index >= 15 is 0 Å². The first-order valence-electron chi connectivity index (χ1n) is 6.23. The van der Waals surface area contributed by atoms with Gasteiger partial charge in [0.1, 0.15) is 0 Å². The van der Waals surface area contributed by atoms with Gasteiger partial charge in [0.05, 0.1) is 6.54 Å². The molecular weight excluding hydrogens is 278 g/mol. The second-order valence-electron chi connectivity index (χ2n) is 4.24. The molecule has 0 saturated heterocycles. The fourth-order valence-corrected chi connectivity index (χ4v) is 2.84. The fourth-order valence-electron chi connectivity index (χ4n) is 1.77. The predicted octanol–water partition coefficient (Wildman–Crippen LogP) is 3.98. The molecule has 19 heavy (non-hydrogen) atoms. The predicted molar refractivity (Wildman–Crippen MR) is 80.9 cm³/mol. The van der Waals surface area contributed by atoms with Crippen molar-refractivity contribution in [2.24, 2.45) is 0 Å². The van der Waals surface area contributed by atoms with Gasteiger partial charge in [0.25, 0.3) is 5.91 Å². The zero-order valence-electron chi connectivity index (χ0n) is 10.8. The molecule has 0 radical (unpaired) electrons. The van der Waals surface area contributed by atoms with E-state index in [1.165, 1.54) is 9.75 Å². The Balaban J connectivity index is 1.96. The van der Waals surface area contributed by atoms with Crippen molar-refractivity contribution in [3.63, 3.8) is 0 Å². The first-order valence-corrected chi connectivity index (χ1v) is 7.58. The van der Waals surface area contributed by atoms with E-state index < -0.39 is 0 Å². The van der Waals surface area contributed by atoms with Gasteiger partial charge in [-0.2, -0.15) is 0 Å². The molecule has 100 valence electrons. The summed E-state index contributed by atoms with van der Waals surface area (Å²) in [7, 11) is 0. The van der Waals surface area contributed by atoms with E-state index in [4.69, 9.17) is 11.6 Å². The second-order valence-corrected chi connectivity index (χ2v) is 5.76. The molecular formula is C15H16ClNOS. The Hall–Kier alpha value is -1.32. The highest BCUT2D eigenvalue weighted by molar-refractivity contribution is 7.11. The van der Waals surface area contributed by atoms with Crippen LogP contribution in [0.15, 0.2) is 36.4 Å². The lowest BCUT2D eigenvalue weighted by atomic mass is 10.1. The number of benzene rings is 1. The Morgan fingerprint density at radius 2 is 2.05 bits per heavy atom. The van der Waals surface area contributed by atoms with E-state index in [-0.39, 0.29) is 5.91 Å². The van der Waals surface area contributed by atoms with Gasteiger partial charge >= 0.3 is 0 Å². The molecule has 1 aromatic carbocycles. The van der Waals surface area contributed by atoms with Gasteiger partial charge in [-0.1, -0.05) is 19.1 Å². The number of rotatable bonds is 5. The normalized spacial score (nSPS) is 10.4. The summed E-state index contributed by atoms with van der Waals surface area (Å²) < 4.78 is 0. The van der Waals surface area contributed by atoms with E-state index in [1.54, 1.807) is 17.4 Å². The van der Waals surface area contributed by atoms with Crippen LogP contribution in [-0.4, -0.2) is 5.91 Å². The lowest BCUT2D eigenvalue weighted by Gasteiger charge is -2.05. The van der Waals surface area contributed by atoms with E-state index in [0.717, 1.165) is 12.0 Å². The summed E-state index contributed by atoms with van der Waals surface area (Å²) in [6, 6.07) is 11.6. The molecule has 0 saturated carbocycles. The van der Waals surface area contributed by atoms with Crippen molar-refractivity contribution in [2.75, 3.05) is 0 Å². The van der Waals surface area contributed by atoms with Gasteiger partial charge < -0.3 is 5.32 Å². The molecule has 1 amide bonds. The zero-order chi connectivity index (χ0) is 13.7. The van der Waals surface area contributed by atoms with Crippen molar-refractivity contribution >= 4 is 28.8 Å². The monoisotopic (exact) mass is 293 g/mol. The molecule has 0 spiro atoms. The van der Waals surface area contributed by atoms with Gasteiger partial charge in [-0.05, 0) is 36.2 Å². The average molecular weight is 294 g/mol. The molecule has 1 heterocycles. The molecule has 4 heteroatoms. The van der Waals surface area contributed by atoms with Crippen molar-refractivity contribution in [2.45, 2.75) is 25.8 Å². The highest BCUT2D eigenvalue weighted by Crippen LogP contribution is 2.16. The van der Waals surface area contributed by atoms with Crippen LogP contribution in [0, 0.1) is 0 Å². The van der Waals surface area contributed by atoms with Crippen molar-refractivity contribution in [3.8, 4) is 0 Å². The smallest absolute Gasteiger partial charge is 0.251 e. The average Bonchev–Trinajstić information content (AvgIpc) is 2.93. The van der Waals surface area contributed by atoms with Gasteiger partial charge in [0, 0.05) is 21.2 Å². The lowest BCUT2D eigenvalue weighted by molar-refractivity contribution is 0.0951. The topological polar surface area (TPSA) is 29.1 Å². The van der Waals surface area contributed by atoms with Crippen LogP contribution in [0.3, 0.4) is 0 Å². The Morgan fingerprint density at radius 3 is 2.74 bits per heavy atom. The SMILES string of the molecule is CCc1ccc(CNC(=O)c2cccc(CCl)c2)s1. The van der Waals surface area contributed by atoms with Crippen LogP contribution < -0.4 is 5.32 Å². The Kier molecular flexibility index (Phi) is 5.00. The van der Waals surface area contributed by atoms with Crippen LogP contribution in [0.5, 0.6) is 0 Å². The molecule has 0 bridgehead atoms. The van der Waals surface area contributed by atoms with Gasteiger partial charge in [-0.25, -0.2) is 0 Å². The highest BCUT2D eigenvalue weighted by atomic mass is 35.5. The van der Waals surface area contributed by atoms with Crippen LogP contribution in [0.2, 0.25) is 0 Å². The summed E-state index contributed by atoms with van der Waals surface area (Å²) in [5.74, 6) is 0.366. The number of carbonyl (C=O) groups is 1. The van der Waals surface area contributed by atoms with Crippen LogP contribution in [0.25, 0.3) is 0 Å². The van der Waals surface area contributed by atoms with Crippen LogP contribution in [0.4, 0.5) is 0 Å². The molecule has 2 aromatic rings. The standard InChI is InChI=1S/C15H16ClNOS/c1-2-13-6-7-14(19-13)10-17-15(18)12-5-3-4-11(8-12)9-16/h3-8H,2,9-10H2,1H3,(H,17,18). The van der Waals surface area contributed by atoms with Crippen LogP contribution in [-0.2, 0) is 18.8 Å². The Labute approximate surface area is 122 Å². The van der Waals surface area contributed by atoms with Gasteiger partial charge in [0.2, 0.25) is 0 Å². The largest absolute Gasteiger partial charge is 0.347 e. The van der Waals surface area contributed by atoms with Gasteiger partial charge in [0.15, 0.2) is 0 Å². The number of halogens is 1. The number of thiophene rings is 1. The Bertz CT molecular complexity index is 565. The molecule has 1 N–H and O–H groups in total. The maximum Gasteiger partial charge on any atom is 0.251 e. The molecule has 0 atom stereocenters. The van der Waals surface area contributed by atoms with Crippen LogP contribution >= 0.6 is 22.9 Å². The number of aryl methyl sites for hydroxylation is 1. The number of hydrogen-bond acceptors (Lipinski definition) is 2. The number of carbonyl (C=O) groups excluding carboxylic acids is 1. The van der Waals surface area contributed by atoms with E-state index in [9.17, 15) is 4.79 Å². The summed E-state index contributed by atoms with van der Waals surface area (Å²) >= 11 is 7.51. The van der Waals surface area contributed by atoms with Gasteiger partial charge in [-0.3, -0.25) is 4.79 Å². The van der Waals surface area contributed by atoms with E-state index in [0.29, 0.717) is 18.0 Å². The summed E-state index contributed by atoms with van der Waals surface area (Å²) in [4.78, 5) is 14.5. The summed E-state index contributed by atoms with van der Waals surface area (Å²) in [5.41, 5.74) is 1.61. The molecule has 2 rings (SSSR count). The first-order chi connectivity index (χ1) is 9.22. The molecule has 0 aliphatic rings. The quantitative estimate of drug-likeness (QED) is 0.830. The number of alkyl halides is 1. The van der Waals surface area contributed by atoms with Crippen molar-refractivity contribution < 1.29 is 4.79 Å². The lowest BCUT2D eigenvalue weighted by Crippen LogP contribution is -2.22. The third-order valence-corrected chi connectivity index (χ3v) is 4.37. The fraction of sp³-hybridized carbons (Fsp3) is 0.267. The number of nitrogens with one attached hydrogen (secondary N) is 1. The Morgan fingerprint density at radius 1 is 1.26 bits per heavy atom. The number of hydrogen-bond donors (Lipinski definition) is 1. The maximum atomic E-state index is 12.0. The molecule has 0 aliphatic heterocycles. The first kappa shape index (κ1) is 14.1. The summed E-state index contributed by atoms with van der Waals surface area (Å²) in [6.45, 7) is 2.71. The van der Waals surface area contributed by atoms with Crippen molar-refractivity contribution in [1.29, 1.82) is 0 Å². The summed E-state index contributed by atoms with van der Waals surface area (Å²) in [5, 5.41) is 2.93. The highest BCUT2D eigenvalue weighted by Gasteiger charge is 2.06. The minimum absolute atomic E-state index is 0.0570. The third-order valence-electron chi connectivity index (χ3n) is 2.83. The van der Waals surface area contributed by atoms with Gasteiger partial charge in [-0.15, -0.1) is 22.9 Å². The molecule has 2 nitrogen and oxygen atoms in total. The third kappa shape index (κ3) is 3.82. The zero-order valence-corrected chi connectivity index (χ0v) is 12.4. The number of amides is 1. The molecule has 1 aromatic heterocycles. The van der Waals surface area contributed by atoms with Crippen molar-refractivity contribution in [3.05, 3.63) is 57.3 Å². The van der Waals surface area contributed by atoms with Crippen LogP contribution in [0.1, 0.15) is 32.6 Å². The molecule has 0 fully saturated rings. The minimum Gasteiger partial charge on any atom is -0.347 e. The minimum atomic E-state index is -0.0570. The molecule has 0 aliphatic carbocycles. The van der Waals surface area contributed by atoms with E-state index in [2.05, 4.69) is 24.4 Å². The maximum absolute atomic E-state index is 12.0.